The highest BCUT2D eigenvalue weighted by molar-refractivity contribution is 6.00. The lowest BCUT2D eigenvalue weighted by molar-refractivity contribution is -0.133. The molecule has 2 aromatic rings. The van der Waals surface area contributed by atoms with Crippen molar-refractivity contribution >= 4 is 11.8 Å². The van der Waals surface area contributed by atoms with E-state index in [0.717, 1.165) is 36.9 Å². The van der Waals surface area contributed by atoms with E-state index in [-0.39, 0.29) is 17.9 Å². The van der Waals surface area contributed by atoms with Gasteiger partial charge in [-0.15, -0.1) is 0 Å². The van der Waals surface area contributed by atoms with Gasteiger partial charge in [0.1, 0.15) is 11.2 Å². The second kappa shape index (κ2) is 8.66. The van der Waals surface area contributed by atoms with Gasteiger partial charge in [0.2, 0.25) is 5.91 Å². The summed E-state index contributed by atoms with van der Waals surface area (Å²) < 4.78 is 2.04. The van der Waals surface area contributed by atoms with Gasteiger partial charge in [-0.1, -0.05) is 62.9 Å². The molecule has 1 aliphatic heterocycles. The third-order valence-corrected chi connectivity index (χ3v) is 6.74. The lowest BCUT2D eigenvalue weighted by Crippen LogP contribution is -2.65. The number of carbonyl (C=O) groups excluding carboxylic acids is 2. The fourth-order valence-corrected chi connectivity index (χ4v) is 4.89. The number of rotatable bonds is 6. The van der Waals surface area contributed by atoms with E-state index in [1.807, 2.05) is 46.7 Å². The molecule has 5 heteroatoms. The molecule has 1 aromatic heterocycles. The largest absolute Gasteiger partial charge is 0.351 e. The minimum Gasteiger partial charge on any atom is -0.351 e. The Morgan fingerprint density at radius 2 is 1.77 bits per heavy atom. The van der Waals surface area contributed by atoms with Gasteiger partial charge in [0, 0.05) is 18.3 Å². The second-order valence-corrected chi connectivity index (χ2v) is 8.95. The molecule has 5 nitrogen and oxygen atoms in total. The van der Waals surface area contributed by atoms with E-state index < -0.39 is 5.54 Å². The molecule has 0 saturated heterocycles. The fraction of sp³-hybridized carbons (Fsp3) is 0.520. The van der Waals surface area contributed by atoms with Gasteiger partial charge in [-0.05, 0) is 43.9 Å². The number of carbonyl (C=O) groups is 2. The number of nitrogens with one attached hydrogen (secondary N) is 1. The molecule has 1 atom stereocenters. The highest BCUT2D eigenvalue weighted by Crippen LogP contribution is 2.33. The molecule has 0 radical (unpaired) electrons. The number of benzene rings is 1. The topological polar surface area (TPSA) is 54.3 Å². The SMILES string of the molecule is CCCCN1C(=O)c2ccc(-c3ccccc3)n2C[C@@]1(C)C(=O)NC1CCCCC1. The van der Waals surface area contributed by atoms with E-state index >= 15 is 0 Å². The van der Waals surface area contributed by atoms with Crippen molar-refractivity contribution in [1.82, 2.24) is 14.8 Å². The van der Waals surface area contributed by atoms with Gasteiger partial charge < -0.3 is 14.8 Å². The molecule has 2 heterocycles. The minimum atomic E-state index is -0.890. The summed E-state index contributed by atoms with van der Waals surface area (Å²) in [4.78, 5) is 28.9. The number of fused-ring (bicyclic) bond motifs is 1. The summed E-state index contributed by atoms with van der Waals surface area (Å²) in [5, 5.41) is 3.29. The van der Waals surface area contributed by atoms with Crippen LogP contribution in [0.5, 0.6) is 0 Å². The van der Waals surface area contributed by atoms with Gasteiger partial charge in [-0.25, -0.2) is 0 Å². The Morgan fingerprint density at radius 1 is 1.07 bits per heavy atom. The van der Waals surface area contributed by atoms with Crippen LogP contribution in [0.25, 0.3) is 11.3 Å². The van der Waals surface area contributed by atoms with Gasteiger partial charge in [-0.3, -0.25) is 9.59 Å². The zero-order chi connectivity index (χ0) is 21.1. The van der Waals surface area contributed by atoms with Gasteiger partial charge >= 0.3 is 0 Å². The van der Waals surface area contributed by atoms with Crippen LogP contribution in [-0.4, -0.2) is 39.4 Å². The van der Waals surface area contributed by atoms with Crippen LogP contribution in [0.4, 0.5) is 0 Å². The van der Waals surface area contributed by atoms with Gasteiger partial charge in [-0.2, -0.15) is 0 Å². The van der Waals surface area contributed by atoms with Crippen molar-refractivity contribution < 1.29 is 9.59 Å². The van der Waals surface area contributed by atoms with E-state index in [9.17, 15) is 9.59 Å². The quantitative estimate of drug-likeness (QED) is 0.760. The van der Waals surface area contributed by atoms with Crippen LogP contribution < -0.4 is 5.32 Å². The number of amides is 2. The molecule has 0 unspecified atom stereocenters. The molecule has 1 fully saturated rings. The van der Waals surface area contributed by atoms with Crippen LogP contribution >= 0.6 is 0 Å². The molecule has 1 saturated carbocycles. The van der Waals surface area contributed by atoms with Crippen LogP contribution in [0.2, 0.25) is 0 Å². The van der Waals surface area contributed by atoms with Crippen molar-refractivity contribution in [1.29, 1.82) is 0 Å². The lowest BCUT2D eigenvalue weighted by Gasteiger charge is -2.45. The third-order valence-electron chi connectivity index (χ3n) is 6.74. The maximum absolute atomic E-state index is 13.6. The molecule has 160 valence electrons. The van der Waals surface area contributed by atoms with Crippen LogP contribution in [0.3, 0.4) is 0 Å². The number of aromatic nitrogens is 1. The summed E-state index contributed by atoms with van der Waals surface area (Å²) in [5.41, 5.74) is 1.84. The first-order chi connectivity index (χ1) is 14.5. The smallest absolute Gasteiger partial charge is 0.271 e. The van der Waals surface area contributed by atoms with Crippen molar-refractivity contribution in [3.05, 3.63) is 48.2 Å². The number of nitrogens with zero attached hydrogens (tertiary/aromatic N) is 2. The monoisotopic (exact) mass is 407 g/mol. The zero-order valence-electron chi connectivity index (χ0n) is 18.2. The van der Waals surface area contributed by atoms with Gasteiger partial charge in [0.05, 0.1) is 6.54 Å². The maximum Gasteiger partial charge on any atom is 0.271 e. The van der Waals surface area contributed by atoms with Crippen LogP contribution in [0.1, 0.15) is 69.3 Å². The Hall–Kier alpha value is -2.56. The first-order valence-corrected chi connectivity index (χ1v) is 11.4. The van der Waals surface area contributed by atoms with Crippen molar-refractivity contribution in [3.63, 3.8) is 0 Å². The summed E-state index contributed by atoms with van der Waals surface area (Å²) in [6.07, 6.45) is 7.53. The first kappa shape index (κ1) is 20.7. The number of hydrogen-bond acceptors (Lipinski definition) is 2. The predicted octanol–water partition coefficient (Wildman–Crippen LogP) is 4.62. The Kier molecular flexibility index (Phi) is 5.98. The molecule has 0 bridgehead atoms. The van der Waals surface area contributed by atoms with E-state index in [4.69, 9.17) is 0 Å². The molecule has 1 aliphatic carbocycles. The van der Waals surface area contributed by atoms with Crippen molar-refractivity contribution in [2.45, 2.75) is 76.9 Å². The molecule has 4 rings (SSSR count). The molecule has 1 N–H and O–H groups in total. The normalized spacial score (nSPS) is 22.1. The van der Waals surface area contributed by atoms with Crippen LogP contribution in [0, 0.1) is 0 Å². The standard InChI is InChI=1S/C25H33N3O2/c1-3-4-17-28-23(29)22-16-15-21(19-11-7-5-8-12-19)27(22)18-25(28,2)24(30)26-20-13-9-6-10-14-20/h5,7-8,11-12,15-16,20H,3-4,6,9-10,13-14,17-18H2,1-2H3,(H,26,30)/t25-/m0/s1. The molecular formula is C25H33N3O2. The van der Waals surface area contributed by atoms with E-state index in [1.54, 1.807) is 0 Å². The van der Waals surface area contributed by atoms with E-state index in [2.05, 4.69) is 24.4 Å². The molecule has 1 aromatic carbocycles. The summed E-state index contributed by atoms with van der Waals surface area (Å²) >= 11 is 0. The highest BCUT2D eigenvalue weighted by Gasteiger charge is 2.47. The Bertz CT molecular complexity index is 898. The Morgan fingerprint density at radius 3 is 2.47 bits per heavy atom. The molecule has 2 aliphatic rings. The van der Waals surface area contributed by atoms with Crippen LogP contribution in [0.15, 0.2) is 42.5 Å². The lowest BCUT2D eigenvalue weighted by atomic mass is 9.91. The van der Waals surface area contributed by atoms with Gasteiger partial charge in [0.15, 0.2) is 0 Å². The number of unbranched alkanes of at least 4 members (excludes halogenated alkanes) is 1. The molecule has 0 spiro atoms. The fourth-order valence-electron chi connectivity index (χ4n) is 4.89. The Labute approximate surface area is 179 Å². The van der Waals surface area contributed by atoms with Crippen molar-refractivity contribution in [2.75, 3.05) is 6.54 Å². The third kappa shape index (κ3) is 3.78. The first-order valence-electron chi connectivity index (χ1n) is 11.4. The van der Waals surface area contributed by atoms with Crippen LogP contribution in [-0.2, 0) is 11.3 Å². The summed E-state index contributed by atoms with van der Waals surface area (Å²) in [6, 6.07) is 14.2. The molecule has 30 heavy (non-hydrogen) atoms. The zero-order valence-corrected chi connectivity index (χ0v) is 18.2. The summed E-state index contributed by atoms with van der Waals surface area (Å²) in [7, 11) is 0. The van der Waals surface area contributed by atoms with E-state index in [0.29, 0.717) is 18.8 Å². The van der Waals surface area contributed by atoms with E-state index in [1.165, 1.54) is 19.3 Å². The van der Waals surface area contributed by atoms with Gasteiger partial charge in [0.25, 0.3) is 5.91 Å². The highest BCUT2D eigenvalue weighted by atomic mass is 16.2. The van der Waals surface area contributed by atoms with Crippen molar-refractivity contribution in [3.8, 4) is 11.3 Å². The second-order valence-electron chi connectivity index (χ2n) is 8.95. The molecule has 2 amide bonds. The van der Waals surface area contributed by atoms with Crippen molar-refractivity contribution in [2.24, 2.45) is 0 Å². The summed E-state index contributed by atoms with van der Waals surface area (Å²) in [5.74, 6) is -0.0598. The summed E-state index contributed by atoms with van der Waals surface area (Å²) in [6.45, 7) is 5.14. The average Bonchev–Trinajstić information content (AvgIpc) is 3.18. The minimum absolute atomic E-state index is 0.0165. The Balaban J connectivity index is 1.69. The maximum atomic E-state index is 13.6. The number of hydrogen-bond donors (Lipinski definition) is 1. The predicted molar refractivity (Wildman–Crippen MR) is 119 cm³/mol. The molecular weight excluding hydrogens is 374 g/mol. The average molecular weight is 408 g/mol.